The largest absolute Gasteiger partial charge is 0.496 e. The van der Waals surface area contributed by atoms with E-state index >= 15 is 0 Å². The summed E-state index contributed by atoms with van der Waals surface area (Å²) in [6.45, 7) is 0.617. The summed E-state index contributed by atoms with van der Waals surface area (Å²) in [7, 11) is 1.65. The third-order valence-corrected chi connectivity index (χ3v) is 6.50. The fraction of sp³-hybridized carbons (Fsp3) is 0.269. The van der Waals surface area contributed by atoms with Crippen LogP contribution in [0.15, 0.2) is 60.7 Å². The maximum Gasteiger partial charge on any atom is 0.254 e. The van der Waals surface area contributed by atoms with Crippen molar-refractivity contribution in [2.24, 2.45) is 0 Å². The summed E-state index contributed by atoms with van der Waals surface area (Å²) in [6, 6.07) is 17.8. The number of rotatable bonds is 4. The lowest BCUT2D eigenvalue weighted by atomic mass is 9.96. The molecule has 7 nitrogen and oxygen atoms in total. The van der Waals surface area contributed by atoms with E-state index in [0.717, 1.165) is 34.9 Å². The van der Waals surface area contributed by atoms with Crippen LogP contribution in [-0.2, 0) is 9.59 Å². The molecule has 2 N–H and O–H groups in total. The van der Waals surface area contributed by atoms with Crippen molar-refractivity contribution < 1.29 is 19.1 Å². The third kappa shape index (κ3) is 3.80. The Morgan fingerprint density at radius 1 is 1.03 bits per heavy atom. The van der Waals surface area contributed by atoms with Gasteiger partial charge < -0.3 is 20.3 Å². The number of benzene rings is 3. The van der Waals surface area contributed by atoms with Crippen LogP contribution in [0.2, 0.25) is 0 Å². The molecule has 2 aliphatic heterocycles. The number of carbonyl (C=O) groups is 3. The van der Waals surface area contributed by atoms with Gasteiger partial charge in [0.2, 0.25) is 11.8 Å². The monoisotopic (exact) mass is 443 g/mol. The molecule has 2 heterocycles. The fourth-order valence-corrected chi connectivity index (χ4v) is 4.90. The number of hydrogen-bond acceptors (Lipinski definition) is 4. The van der Waals surface area contributed by atoms with Crippen molar-refractivity contribution in [2.75, 3.05) is 19.0 Å². The molecule has 1 fully saturated rings. The van der Waals surface area contributed by atoms with E-state index in [9.17, 15) is 14.4 Å². The lowest BCUT2D eigenvalue weighted by molar-refractivity contribution is -0.134. The molecule has 0 radical (unpaired) electrons. The van der Waals surface area contributed by atoms with Crippen molar-refractivity contribution in [1.82, 2.24) is 10.2 Å². The second-order valence-corrected chi connectivity index (χ2v) is 8.41. The first-order valence-electron chi connectivity index (χ1n) is 11.1. The van der Waals surface area contributed by atoms with E-state index in [1.165, 1.54) is 0 Å². The van der Waals surface area contributed by atoms with Crippen LogP contribution in [0.5, 0.6) is 5.75 Å². The standard InChI is InChI=1S/C26H25N3O4/c1-33-23-13-12-17(16-7-2-3-8-18(16)23)22-11-6-14-29(22)24(30)15-21-26(32)27-20-10-5-4-9-19(20)25(31)28-21/h2-5,7-10,12-13,21-22H,6,11,14-15H2,1H3,(H,27,32)(H,28,31)/t21-,22-/m0/s1. The molecule has 0 saturated carbocycles. The molecule has 3 amide bonds. The minimum atomic E-state index is -0.925. The lowest BCUT2D eigenvalue weighted by Crippen LogP contribution is -2.45. The van der Waals surface area contributed by atoms with Gasteiger partial charge in [-0.3, -0.25) is 14.4 Å². The Morgan fingerprint density at radius 3 is 2.61 bits per heavy atom. The predicted molar refractivity (Wildman–Crippen MR) is 125 cm³/mol. The molecule has 1 saturated heterocycles. The zero-order valence-electron chi connectivity index (χ0n) is 18.3. The van der Waals surface area contributed by atoms with Crippen molar-refractivity contribution in [2.45, 2.75) is 31.3 Å². The van der Waals surface area contributed by atoms with E-state index in [1.54, 1.807) is 31.4 Å². The quantitative estimate of drug-likeness (QED) is 0.644. The molecule has 2 aliphatic rings. The number of nitrogens with one attached hydrogen (secondary N) is 2. The van der Waals surface area contributed by atoms with Crippen LogP contribution in [0.1, 0.15) is 41.2 Å². The lowest BCUT2D eigenvalue weighted by Gasteiger charge is -2.28. The van der Waals surface area contributed by atoms with Crippen LogP contribution in [0.3, 0.4) is 0 Å². The Labute approximate surface area is 191 Å². The van der Waals surface area contributed by atoms with Crippen LogP contribution in [0.25, 0.3) is 10.8 Å². The molecule has 0 bridgehead atoms. The summed E-state index contributed by atoms with van der Waals surface area (Å²) in [5.74, 6) is -0.0976. The van der Waals surface area contributed by atoms with Gasteiger partial charge >= 0.3 is 0 Å². The average Bonchev–Trinajstić information content (AvgIpc) is 3.28. The number of ether oxygens (including phenoxy) is 1. The van der Waals surface area contributed by atoms with Crippen molar-refractivity contribution in [3.05, 3.63) is 71.8 Å². The number of nitrogens with zero attached hydrogens (tertiary/aromatic N) is 1. The molecule has 2 atom stereocenters. The number of likely N-dealkylation sites (tertiary alicyclic amines) is 1. The molecular weight excluding hydrogens is 418 g/mol. The minimum Gasteiger partial charge on any atom is -0.496 e. The maximum atomic E-state index is 13.4. The molecule has 33 heavy (non-hydrogen) atoms. The second kappa shape index (κ2) is 8.58. The Kier molecular flexibility index (Phi) is 5.46. The Hall–Kier alpha value is -3.87. The molecule has 3 aromatic carbocycles. The number of amides is 3. The predicted octanol–water partition coefficient (Wildman–Crippen LogP) is 3.65. The van der Waals surface area contributed by atoms with E-state index in [-0.39, 0.29) is 30.2 Å². The zero-order chi connectivity index (χ0) is 22.9. The van der Waals surface area contributed by atoms with Gasteiger partial charge in [-0.25, -0.2) is 0 Å². The van der Waals surface area contributed by atoms with Gasteiger partial charge in [0.25, 0.3) is 5.91 Å². The highest BCUT2D eigenvalue weighted by atomic mass is 16.5. The number of methoxy groups -OCH3 is 1. The first-order valence-corrected chi connectivity index (χ1v) is 11.1. The summed E-state index contributed by atoms with van der Waals surface area (Å²) in [5.41, 5.74) is 1.92. The van der Waals surface area contributed by atoms with Crippen molar-refractivity contribution >= 4 is 34.2 Å². The van der Waals surface area contributed by atoms with Crippen LogP contribution in [0.4, 0.5) is 5.69 Å². The third-order valence-electron chi connectivity index (χ3n) is 6.50. The molecular formula is C26H25N3O4. The SMILES string of the molecule is COc1ccc([C@@H]2CCCN2C(=O)C[C@@H]2NC(=O)c3ccccc3NC2=O)c2ccccc12. The van der Waals surface area contributed by atoms with Gasteiger partial charge in [-0.15, -0.1) is 0 Å². The highest BCUT2D eigenvalue weighted by Gasteiger charge is 2.35. The maximum absolute atomic E-state index is 13.4. The average molecular weight is 444 g/mol. The smallest absolute Gasteiger partial charge is 0.254 e. The molecule has 0 spiro atoms. The number of para-hydroxylation sites is 1. The van der Waals surface area contributed by atoms with Gasteiger partial charge in [-0.1, -0.05) is 42.5 Å². The first kappa shape index (κ1) is 21.0. The zero-order valence-corrected chi connectivity index (χ0v) is 18.3. The van der Waals surface area contributed by atoms with E-state index in [2.05, 4.69) is 10.6 Å². The molecule has 168 valence electrons. The molecule has 0 aliphatic carbocycles. The summed E-state index contributed by atoms with van der Waals surface area (Å²) in [4.78, 5) is 40.6. The number of hydrogen-bond donors (Lipinski definition) is 2. The van der Waals surface area contributed by atoms with E-state index in [0.29, 0.717) is 17.8 Å². The van der Waals surface area contributed by atoms with E-state index in [1.807, 2.05) is 41.3 Å². The van der Waals surface area contributed by atoms with Crippen molar-refractivity contribution in [3.63, 3.8) is 0 Å². The van der Waals surface area contributed by atoms with Gasteiger partial charge in [0.1, 0.15) is 11.8 Å². The fourth-order valence-electron chi connectivity index (χ4n) is 4.90. The van der Waals surface area contributed by atoms with Crippen LogP contribution in [-0.4, -0.2) is 42.3 Å². The second-order valence-electron chi connectivity index (χ2n) is 8.41. The number of carbonyl (C=O) groups excluding carboxylic acids is 3. The summed E-state index contributed by atoms with van der Waals surface area (Å²) in [5, 5.41) is 7.55. The normalized spacial score (nSPS) is 20.1. The molecule has 5 rings (SSSR count). The number of anilines is 1. The summed E-state index contributed by atoms with van der Waals surface area (Å²) in [6.07, 6.45) is 1.64. The van der Waals surface area contributed by atoms with Gasteiger partial charge in [0.05, 0.1) is 30.8 Å². The Balaban J connectivity index is 1.39. The summed E-state index contributed by atoms with van der Waals surface area (Å²) >= 11 is 0. The van der Waals surface area contributed by atoms with Gasteiger partial charge in [-0.05, 0) is 42.0 Å². The topological polar surface area (TPSA) is 87.7 Å². The molecule has 0 unspecified atom stereocenters. The highest BCUT2D eigenvalue weighted by Crippen LogP contribution is 2.39. The van der Waals surface area contributed by atoms with E-state index < -0.39 is 6.04 Å². The Bertz CT molecular complexity index is 1260. The molecule has 0 aromatic heterocycles. The van der Waals surface area contributed by atoms with Gasteiger partial charge in [-0.2, -0.15) is 0 Å². The van der Waals surface area contributed by atoms with Crippen LogP contribution < -0.4 is 15.4 Å². The molecule has 7 heteroatoms. The number of fused-ring (bicyclic) bond motifs is 2. The van der Waals surface area contributed by atoms with Crippen molar-refractivity contribution in [3.8, 4) is 5.75 Å². The minimum absolute atomic E-state index is 0.0872. The van der Waals surface area contributed by atoms with Crippen molar-refractivity contribution in [1.29, 1.82) is 0 Å². The highest BCUT2D eigenvalue weighted by molar-refractivity contribution is 6.10. The Morgan fingerprint density at radius 2 is 1.79 bits per heavy atom. The summed E-state index contributed by atoms with van der Waals surface area (Å²) < 4.78 is 5.52. The molecule has 3 aromatic rings. The van der Waals surface area contributed by atoms with Crippen LogP contribution >= 0.6 is 0 Å². The first-order chi connectivity index (χ1) is 16.1. The van der Waals surface area contributed by atoms with Gasteiger partial charge in [0, 0.05) is 11.9 Å². The van der Waals surface area contributed by atoms with Crippen LogP contribution in [0, 0.1) is 0 Å². The van der Waals surface area contributed by atoms with E-state index in [4.69, 9.17) is 4.74 Å². The van der Waals surface area contributed by atoms with Gasteiger partial charge in [0.15, 0.2) is 0 Å².